The van der Waals surface area contributed by atoms with Gasteiger partial charge in [0.15, 0.2) is 0 Å². The van der Waals surface area contributed by atoms with Crippen molar-refractivity contribution in [3.63, 3.8) is 0 Å². The minimum Gasteiger partial charge on any atom is -0.465 e. The highest BCUT2D eigenvalue weighted by Gasteiger charge is 2.25. The molecule has 3 nitrogen and oxygen atoms in total. The lowest BCUT2D eigenvalue weighted by molar-refractivity contribution is 0.0600. The lowest BCUT2D eigenvalue weighted by atomic mass is 10.0. The van der Waals surface area contributed by atoms with E-state index in [-0.39, 0.29) is 5.97 Å². The van der Waals surface area contributed by atoms with Gasteiger partial charge in [0.2, 0.25) is 0 Å². The fourth-order valence-corrected chi connectivity index (χ4v) is 2.39. The van der Waals surface area contributed by atoms with E-state index < -0.39 is 0 Å². The minimum absolute atomic E-state index is 0.328. The summed E-state index contributed by atoms with van der Waals surface area (Å²) >= 11 is 6.26. The number of carbonyl (C=O) groups excluding carboxylic acids is 1. The van der Waals surface area contributed by atoms with Crippen LogP contribution in [0.2, 0.25) is 5.02 Å². The summed E-state index contributed by atoms with van der Waals surface area (Å²) in [6, 6.07) is 0. The number of hydrogen-bond donors (Lipinski definition) is 0. The fraction of sp³-hybridized carbons (Fsp3) is 0.583. The molecule has 0 N–H and O–H groups in total. The SMILES string of the molecule is CCC(C)c1c(Cl)c(C(=O)OC)c(C)n1C. The van der Waals surface area contributed by atoms with Crippen LogP contribution in [-0.4, -0.2) is 17.6 Å². The number of carbonyl (C=O) groups is 1. The van der Waals surface area contributed by atoms with E-state index in [0.29, 0.717) is 16.5 Å². The average molecular weight is 244 g/mol. The Balaban J connectivity index is 3.39. The molecule has 0 amide bonds. The first-order valence-electron chi connectivity index (χ1n) is 5.38. The summed E-state index contributed by atoms with van der Waals surface area (Å²) in [4.78, 5) is 11.6. The van der Waals surface area contributed by atoms with Crippen molar-refractivity contribution in [3.05, 3.63) is 22.0 Å². The molecule has 0 saturated heterocycles. The van der Waals surface area contributed by atoms with Crippen LogP contribution < -0.4 is 0 Å². The van der Waals surface area contributed by atoms with Crippen molar-refractivity contribution in [1.29, 1.82) is 0 Å². The zero-order valence-corrected chi connectivity index (χ0v) is 11.2. The molecule has 0 fully saturated rings. The van der Waals surface area contributed by atoms with E-state index >= 15 is 0 Å². The van der Waals surface area contributed by atoms with E-state index in [1.165, 1.54) is 7.11 Å². The van der Waals surface area contributed by atoms with Crippen LogP contribution >= 0.6 is 11.6 Å². The molecule has 0 aliphatic rings. The summed E-state index contributed by atoms with van der Waals surface area (Å²) in [5.41, 5.74) is 2.34. The summed E-state index contributed by atoms with van der Waals surface area (Å²) < 4.78 is 6.72. The Morgan fingerprint density at radius 1 is 1.56 bits per heavy atom. The Morgan fingerprint density at radius 2 is 2.12 bits per heavy atom. The van der Waals surface area contributed by atoms with E-state index in [1.54, 1.807) is 0 Å². The second-order valence-electron chi connectivity index (χ2n) is 4.02. The van der Waals surface area contributed by atoms with Crippen LogP contribution in [0.25, 0.3) is 0 Å². The van der Waals surface area contributed by atoms with Crippen molar-refractivity contribution in [3.8, 4) is 0 Å². The molecule has 4 heteroatoms. The number of aromatic nitrogens is 1. The van der Waals surface area contributed by atoms with Gasteiger partial charge in [0.05, 0.1) is 17.7 Å². The number of rotatable bonds is 3. The Hall–Kier alpha value is -0.960. The number of esters is 1. The van der Waals surface area contributed by atoms with E-state index in [2.05, 4.69) is 13.8 Å². The number of halogens is 1. The Bertz CT molecular complexity index is 410. The van der Waals surface area contributed by atoms with Gasteiger partial charge >= 0.3 is 5.97 Å². The van der Waals surface area contributed by atoms with Gasteiger partial charge in [-0.25, -0.2) is 4.79 Å². The molecule has 1 heterocycles. The molecule has 90 valence electrons. The largest absolute Gasteiger partial charge is 0.465 e. The topological polar surface area (TPSA) is 31.2 Å². The third-order valence-electron chi connectivity index (χ3n) is 3.14. The summed E-state index contributed by atoms with van der Waals surface area (Å²) in [5.74, 6) is -0.0396. The molecule has 0 spiro atoms. The Kier molecular flexibility index (Phi) is 4.03. The molecule has 0 aliphatic carbocycles. The van der Waals surface area contributed by atoms with Gasteiger partial charge in [-0.2, -0.15) is 0 Å². The zero-order chi connectivity index (χ0) is 12.5. The lowest BCUT2D eigenvalue weighted by Gasteiger charge is -2.11. The van der Waals surface area contributed by atoms with Crippen LogP contribution in [0.5, 0.6) is 0 Å². The van der Waals surface area contributed by atoms with Crippen molar-refractivity contribution in [2.45, 2.75) is 33.1 Å². The molecule has 1 atom stereocenters. The van der Waals surface area contributed by atoms with Crippen LogP contribution in [0.15, 0.2) is 0 Å². The number of nitrogens with zero attached hydrogens (tertiary/aromatic N) is 1. The van der Waals surface area contributed by atoms with E-state index in [1.807, 2.05) is 18.5 Å². The van der Waals surface area contributed by atoms with Crippen LogP contribution in [0.3, 0.4) is 0 Å². The number of hydrogen-bond acceptors (Lipinski definition) is 2. The number of methoxy groups -OCH3 is 1. The third kappa shape index (κ3) is 1.96. The van der Waals surface area contributed by atoms with Crippen molar-refractivity contribution < 1.29 is 9.53 Å². The second-order valence-corrected chi connectivity index (χ2v) is 4.40. The molecular weight excluding hydrogens is 226 g/mol. The maximum absolute atomic E-state index is 11.6. The second kappa shape index (κ2) is 4.91. The van der Waals surface area contributed by atoms with Gasteiger partial charge in [0, 0.05) is 18.4 Å². The third-order valence-corrected chi connectivity index (χ3v) is 3.52. The number of ether oxygens (including phenoxy) is 1. The van der Waals surface area contributed by atoms with E-state index in [4.69, 9.17) is 16.3 Å². The smallest absolute Gasteiger partial charge is 0.341 e. The Labute approximate surface area is 101 Å². The van der Waals surface area contributed by atoms with E-state index in [0.717, 1.165) is 17.8 Å². The predicted molar refractivity (Wildman–Crippen MR) is 65.2 cm³/mol. The van der Waals surface area contributed by atoms with Gasteiger partial charge in [-0.3, -0.25) is 0 Å². The quantitative estimate of drug-likeness (QED) is 0.763. The average Bonchev–Trinajstić information content (AvgIpc) is 2.49. The molecule has 1 rings (SSSR count). The molecule has 0 radical (unpaired) electrons. The molecule has 0 saturated carbocycles. The summed E-state index contributed by atoms with van der Waals surface area (Å²) in [7, 11) is 3.29. The van der Waals surface area contributed by atoms with Crippen LogP contribution in [0.1, 0.15) is 47.9 Å². The molecule has 1 aromatic rings. The molecule has 0 aliphatic heterocycles. The van der Waals surface area contributed by atoms with Crippen LogP contribution in [0, 0.1) is 6.92 Å². The normalized spacial score (nSPS) is 12.6. The zero-order valence-electron chi connectivity index (χ0n) is 10.4. The van der Waals surface area contributed by atoms with Gasteiger partial charge in [-0.1, -0.05) is 25.4 Å². The maximum Gasteiger partial charge on any atom is 0.341 e. The first-order valence-corrected chi connectivity index (χ1v) is 5.76. The first-order chi connectivity index (χ1) is 7.45. The van der Waals surface area contributed by atoms with Crippen LogP contribution in [0.4, 0.5) is 0 Å². The molecule has 0 bridgehead atoms. The minimum atomic E-state index is -0.368. The molecule has 1 aromatic heterocycles. The highest BCUT2D eigenvalue weighted by atomic mass is 35.5. The fourth-order valence-electron chi connectivity index (χ4n) is 1.86. The molecule has 16 heavy (non-hydrogen) atoms. The first kappa shape index (κ1) is 13.1. The molecule has 1 unspecified atom stereocenters. The van der Waals surface area contributed by atoms with Crippen molar-refractivity contribution in [2.75, 3.05) is 7.11 Å². The summed E-state index contributed by atoms with van der Waals surface area (Å²) in [5, 5.41) is 0.529. The monoisotopic (exact) mass is 243 g/mol. The molecule has 0 aromatic carbocycles. The van der Waals surface area contributed by atoms with Crippen LogP contribution in [-0.2, 0) is 11.8 Å². The van der Waals surface area contributed by atoms with Crippen molar-refractivity contribution >= 4 is 17.6 Å². The van der Waals surface area contributed by atoms with Gasteiger partial charge in [-0.15, -0.1) is 0 Å². The summed E-state index contributed by atoms with van der Waals surface area (Å²) in [6.45, 7) is 6.08. The lowest BCUT2D eigenvalue weighted by Crippen LogP contribution is -2.04. The highest BCUT2D eigenvalue weighted by molar-refractivity contribution is 6.34. The highest BCUT2D eigenvalue weighted by Crippen LogP contribution is 2.33. The Morgan fingerprint density at radius 3 is 2.56 bits per heavy atom. The van der Waals surface area contributed by atoms with Crippen molar-refractivity contribution in [2.24, 2.45) is 7.05 Å². The van der Waals surface area contributed by atoms with Gasteiger partial charge < -0.3 is 9.30 Å². The molecular formula is C12H18ClNO2. The standard InChI is InChI=1S/C12H18ClNO2/c1-6-7(2)11-10(13)9(12(15)16-5)8(3)14(11)4/h7H,6H2,1-5H3. The van der Waals surface area contributed by atoms with Gasteiger partial charge in [0.25, 0.3) is 0 Å². The van der Waals surface area contributed by atoms with E-state index in [9.17, 15) is 4.79 Å². The van der Waals surface area contributed by atoms with Gasteiger partial charge in [-0.05, 0) is 19.3 Å². The maximum atomic E-state index is 11.6. The van der Waals surface area contributed by atoms with Gasteiger partial charge in [0.1, 0.15) is 0 Å². The summed E-state index contributed by atoms with van der Waals surface area (Å²) in [6.07, 6.45) is 0.984. The van der Waals surface area contributed by atoms with Crippen molar-refractivity contribution in [1.82, 2.24) is 4.57 Å². The predicted octanol–water partition coefficient (Wildman–Crippen LogP) is 3.29.